The van der Waals surface area contributed by atoms with Crippen LogP contribution in [0.4, 0.5) is 0 Å². The van der Waals surface area contributed by atoms with Crippen molar-refractivity contribution in [3.63, 3.8) is 0 Å². The van der Waals surface area contributed by atoms with Crippen LogP contribution in [0.3, 0.4) is 0 Å². The SMILES string of the molecule is Cc1ccc(S(=O)(=O)N2CCN(C(=O)CCC(=O)O)CC2)c(C)c1. The number of carboxylic acids is 1. The molecule has 0 spiro atoms. The van der Waals surface area contributed by atoms with E-state index in [0.717, 1.165) is 5.56 Å². The summed E-state index contributed by atoms with van der Waals surface area (Å²) < 4.78 is 26.9. The van der Waals surface area contributed by atoms with E-state index in [1.165, 1.54) is 9.21 Å². The molecule has 1 amide bonds. The van der Waals surface area contributed by atoms with Gasteiger partial charge in [0.15, 0.2) is 0 Å². The predicted octanol–water partition coefficient (Wildman–Crippen LogP) is 1.00. The molecule has 1 heterocycles. The molecule has 1 N–H and O–H groups in total. The number of carbonyl (C=O) groups is 2. The van der Waals surface area contributed by atoms with E-state index in [4.69, 9.17) is 5.11 Å². The van der Waals surface area contributed by atoms with Crippen molar-refractivity contribution in [2.24, 2.45) is 0 Å². The Hall–Kier alpha value is -1.93. The number of piperazine rings is 1. The summed E-state index contributed by atoms with van der Waals surface area (Å²) in [7, 11) is -3.58. The van der Waals surface area contributed by atoms with Crippen LogP contribution in [0.15, 0.2) is 23.1 Å². The van der Waals surface area contributed by atoms with Crippen LogP contribution in [0.5, 0.6) is 0 Å². The molecule has 7 nitrogen and oxygen atoms in total. The first kappa shape index (κ1) is 18.4. The summed E-state index contributed by atoms with van der Waals surface area (Å²) in [6, 6.07) is 5.22. The van der Waals surface area contributed by atoms with E-state index in [2.05, 4.69) is 0 Å². The van der Waals surface area contributed by atoms with Crippen molar-refractivity contribution in [2.75, 3.05) is 26.2 Å². The summed E-state index contributed by atoms with van der Waals surface area (Å²) in [5, 5.41) is 8.62. The average Bonchev–Trinajstić information content (AvgIpc) is 2.52. The monoisotopic (exact) mass is 354 g/mol. The first-order valence-corrected chi connectivity index (χ1v) is 9.23. The Kier molecular flexibility index (Phi) is 5.61. The molecule has 24 heavy (non-hydrogen) atoms. The van der Waals surface area contributed by atoms with Gasteiger partial charge in [0.25, 0.3) is 0 Å². The maximum absolute atomic E-state index is 12.8. The Bertz CT molecular complexity index is 737. The highest BCUT2D eigenvalue weighted by Crippen LogP contribution is 2.22. The topological polar surface area (TPSA) is 95.0 Å². The zero-order valence-corrected chi connectivity index (χ0v) is 14.7. The number of rotatable bonds is 5. The molecule has 0 bridgehead atoms. The van der Waals surface area contributed by atoms with Gasteiger partial charge in [-0.1, -0.05) is 17.7 Å². The van der Waals surface area contributed by atoms with Gasteiger partial charge in [-0.05, 0) is 25.5 Å². The molecule has 1 aromatic rings. The van der Waals surface area contributed by atoms with Crippen molar-refractivity contribution < 1.29 is 23.1 Å². The molecule has 0 aliphatic carbocycles. The van der Waals surface area contributed by atoms with E-state index in [1.807, 2.05) is 13.0 Å². The summed E-state index contributed by atoms with van der Waals surface area (Å²) in [6.07, 6.45) is -0.265. The summed E-state index contributed by atoms with van der Waals surface area (Å²) in [4.78, 5) is 24.3. The minimum Gasteiger partial charge on any atom is -0.481 e. The molecule has 1 saturated heterocycles. The zero-order valence-electron chi connectivity index (χ0n) is 13.9. The number of hydrogen-bond acceptors (Lipinski definition) is 4. The third kappa shape index (κ3) is 4.12. The van der Waals surface area contributed by atoms with Gasteiger partial charge in [-0.2, -0.15) is 4.31 Å². The van der Waals surface area contributed by atoms with Gasteiger partial charge in [0, 0.05) is 32.6 Å². The van der Waals surface area contributed by atoms with Gasteiger partial charge in [-0.15, -0.1) is 0 Å². The van der Waals surface area contributed by atoms with Crippen LogP contribution in [0, 0.1) is 13.8 Å². The maximum atomic E-state index is 12.8. The Balaban J connectivity index is 2.03. The number of aliphatic carboxylic acids is 1. The predicted molar refractivity (Wildman–Crippen MR) is 88.1 cm³/mol. The second-order valence-electron chi connectivity index (χ2n) is 5.95. The fraction of sp³-hybridized carbons (Fsp3) is 0.500. The Labute approximate surface area is 141 Å². The van der Waals surface area contributed by atoms with E-state index in [1.54, 1.807) is 19.1 Å². The second-order valence-corrected chi connectivity index (χ2v) is 7.85. The number of carbonyl (C=O) groups excluding carboxylic acids is 1. The van der Waals surface area contributed by atoms with Gasteiger partial charge in [0.2, 0.25) is 15.9 Å². The summed E-state index contributed by atoms with van der Waals surface area (Å²) >= 11 is 0. The van der Waals surface area contributed by atoms with E-state index < -0.39 is 16.0 Å². The van der Waals surface area contributed by atoms with Crippen LogP contribution in [-0.2, 0) is 19.6 Å². The molecule has 0 atom stereocenters. The van der Waals surface area contributed by atoms with Crippen molar-refractivity contribution in [3.05, 3.63) is 29.3 Å². The fourth-order valence-electron chi connectivity index (χ4n) is 2.78. The molecule has 132 valence electrons. The van der Waals surface area contributed by atoms with Crippen LogP contribution < -0.4 is 0 Å². The highest BCUT2D eigenvalue weighted by molar-refractivity contribution is 7.89. The summed E-state index contributed by atoms with van der Waals surface area (Å²) in [5.41, 5.74) is 1.70. The molecule has 2 rings (SSSR count). The lowest BCUT2D eigenvalue weighted by Gasteiger charge is -2.34. The molecular formula is C16H22N2O5S. The standard InChI is InChI=1S/C16H22N2O5S/c1-12-3-4-14(13(2)11-12)24(22,23)18-9-7-17(8-10-18)15(19)5-6-16(20)21/h3-4,11H,5-10H2,1-2H3,(H,20,21). The van der Waals surface area contributed by atoms with E-state index in [0.29, 0.717) is 10.5 Å². The third-order valence-electron chi connectivity index (χ3n) is 4.09. The minimum atomic E-state index is -3.58. The van der Waals surface area contributed by atoms with Gasteiger partial charge in [0.1, 0.15) is 0 Å². The lowest BCUT2D eigenvalue weighted by Crippen LogP contribution is -2.50. The van der Waals surface area contributed by atoms with Gasteiger partial charge in [-0.3, -0.25) is 9.59 Å². The van der Waals surface area contributed by atoms with Crippen LogP contribution in [0.1, 0.15) is 24.0 Å². The molecule has 1 aliphatic rings. The number of sulfonamides is 1. The smallest absolute Gasteiger partial charge is 0.303 e. The number of nitrogens with zero attached hydrogens (tertiary/aromatic N) is 2. The number of amides is 1. The highest BCUT2D eigenvalue weighted by Gasteiger charge is 2.30. The van der Waals surface area contributed by atoms with Crippen molar-refractivity contribution in [1.82, 2.24) is 9.21 Å². The second kappa shape index (κ2) is 7.31. The number of aryl methyl sites for hydroxylation is 2. The van der Waals surface area contributed by atoms with Crippen molar-refractivity contribution in [3.8, 4) is 0 Å². The molecule has 1 aliphatic heterocycles. The van der Waals surface area contributed by atoms with Crippen molar-refractivity contribution in [2.45, 2.75) is 31.6 Å². The normalized spacial score (nSPS) is 16.2. The maximum Gasteiger partial charge on any atom is 0.303 e. The minimum absolute atomic E-state index is 0.0564. The van der Waals surface area contributed by atoms with Crippen LogP contribution in [-0.4, -0.2) is 60.8 Å². The van der Waals surface area contributed by atoms with Crippen LogP contribution >= 0.6 is 0 Å². The van der Waals surface area contributed by atoms with Gasteiger partial charge in [-0.25, -0.2) is 8.42 Å². The van der Waals surface area contributed by atoms with Gasteiger partial charge < -0.3 is 10.0 Å². The highest BCUT2D eigenvalue weighted by atomic mass is 32.2. The Morgan fingerprint density at radius 1 is 1.08 bits per heavy atom. The van der Waals surface area contributed by atoms with E-state index >= 15 is 0 Å². The van der Waals surface area contributed by atoms with Gasteiger partial charge >= 0.3 is 5.97 Å². The number of benzene rings is 1. The lowest BCUT2D eigenvalue weighted by molar-refractivity contribution is -0.141. The van der Waals surface area contributed by atoms with E-state index in [-0.39, 0.29) is 44.9 Å². The Morgan fingerprint density at radius 2 is 1.71 bits per heavy atom. The quantitative estimate of drug-likeness (QED) is 0.851. The lowest BCUT2D eigenvalue weighted by atomic mass is 10.2. The van der Waals surface area contributed by atoms with Crippen molar-refractivity contribution in [1.29, 1.82) is 0 Å². The van der Waals surface area contributed by atoms with E-state index in [9.17, 15) is 18.0 Å². The number of carboxylic acid groups (broad SMARTS) is 1. The average molecular weight is 354 g/mol. The first-order valence-electron chi connectivity index (χ1n) is 7.79. The molecule has 0 aromatic heterocycles. The third-order valence-corrected chi connectivity index (χ3v) is 6.15. The summed E-state index contributed by atoms with van der Waals surface area (Å²) in [6.45, 7) is 4.67. The molecule has 8 heteroatoms. The molecule has 0 saturated carbocycles. The zero-order chi connectivity index (χ0) is 17.9. The van der Waals surface area contributed by atoms with Gasteiger partial charge in [0.05, 0.1) is 11.3 Å². The molecular weight excluding hydrogens is 332 g/mol. The molecule has 0 unspecified atom stereocenters. The Morgan fingerprint density at radius 3 is 2.25 bits per heavy atom. The van der Waals surface area contributed by atoms with Crippen LogP contribution in [0.25, 0.3) is 0 Å². The first-order chi connectivity index (χ1) is 11.2. The fourth-order valence-corrected chi connectivity index (χ4v) is 4.41. The molecule has 0 radical (unpaired) electrons. The largest absolute Gasteiger partial charge is 0.481 e. The number of hydrogen-bond donors (Lipinski definition) is 1. The summed E-state index contributed by atoms with van der Waals surface area (Å²) in [5.74, 6) is -1.26. The molecule has 1 fully saturated rings. The van der Waals surface area contributed by atoms with Crippen LogP contribution in [0.2, 0.25) is 0 Å². The van der Waals surface area contributed by atoms with Crippen molar-refractivity contribution >= 4 is 21.9 Å². The molecule has 1 aromatic carbocycles.